The number of ether oxygens (including phenoxy) is 2. The predicted molar refractivity (Wildman–Crippen MR) is 212 cm³/mol. The number of phosphoric ester groups is 1. The Kier molecular flexibility index (Phi) is 35.1. The summed E-state index contributed by atoms with van der Waals surface area (Å²) in [6, 6.07) is -1.53. The van der Waals surface area contributed by atoms with Crippen LogP contribution in [0, 0.1) is 0 Å². The summed E-state index contributed by atoms with van der Waals surface area (Å²) in [5, 5.41) is 8.87. The molecule has 0 rings (SSSR count). The Morgan fingerprint density at radius 3 is 1.53 bits per heavy atom. The molecular formula is C41H74NO10P. The van der Waals surface area contributed by atoms with Gasteiger partial charge in [0, 0.05) is 12.8 Å². The van der Waals surface area contributed by atoms with E-state index in [1.54, 1.807) is 0 Å². The van der Waals surface area contributed by atoms with E-state index in [4.69, 9.17) is 24.8 Å². The monoisotopic (exact) mass is 772 g/mol. The summed E-state index contributed by atoms with van der Waals surface area (Å²) in [6.45, 7) is 2.73. The van der Waals surface area contributed by atoms with Crippen molar-refractivity contribution >= 4 is 25.7 Å². The molecule has 0 aliphatic carbocycles. The van der Waals surface area contributed by atoms with Crippen molar-refractivity contribution in [1.82, 2.24) is 0 Å². The van der Waals surface area contributed by atoms with Crippen molar-refractivity contribution in [1.29, 1.82) is 0 Å². The quantitative estimate of drug-likeness (QED) is 0.0236. The molecule has 308 valence electrons. The molecule has 1 unspecified atom stereocenters. The molecule has 0 amide bonds. The average molecular weight is 772 g/mol. The summed E-state index contributed by atoms with van der Waals surface area (Å²) < 4.78 is 32.6. The summed E-state index contributed by atoms with van der Waals surface area (Å²) >= 11 is 0. The number of phosphoric acid groups is 1. The van der Waals surface area contributed by atoms with Crippen molar-refractivity contribution in [3.05, 3.63) is 36.5 Å². The van der Waals surface area contributed by atoms with Gasteiger partial charge in [-0.25, -0.2) is 4.57 Å². The molecule has 0 aromatic rings. The molecule has 4 N–H and O–H groups in total. The van der Waals surface area contributed by atoms with Gasteiger partial charge in [-0.1, -0.05) is 147 Å². The van der Waals surface area contributed by atoms with Gasteiger partial charge >= 0.3 is 25.7 Å². The van der Waals surface area contributed by atoms with Crippen LogP contribution < -0.4 is 5.73 Å². The van der Waals surface area contributed by atoms with Crippen LogP contribution in [0.1, 0.15) is 174 Å². The van der Waals surface area contributed by atoms with Gasteiger partial charge in [0.15, 0.2) is 6.10 Å². The molecule has 0 aromatic heterocycles. The Hall–Kier alpha value is -2.30. The van der Waals surface area contributed by atoms with Crippen LogP contribution in [0.3, 0.4) is 0 Å². The highest BCUT2D eigenvalue weighted by Gasteiger charge is 2.28. The van der Waals surface area contributed by atoms with Crippen LogP contribution in [0.15, 0.2) is 36.5 Å². The maximum Gasteiger partial charge on any atom is 0.472 e. The third-order valence-corrected chi connectivity index (χ3v) is 9.59. The summed E-state index contributed by atoms with van der Waals surface area (Å²) in [7, 11) is -4.72. The highest BCUT2D eigenvalue weighted by molar-refractivity contribution is 7.47. The molecule has 0 saturated heterocycles. The summed E-state index contributed by atoms with van der Waals surface area (Å²) in [5.74, 6) is -2.43. The summed E-state index contributed by atoms with van der Waals surface area (Å²) in [6.07, 6.45) is 37.8. The second-order valence-corrected chi connectivity index (χ2v) is 15.2. The molecule has 0 fully saturated rings. The van der Waals surface area contributed by atoms with Gasteiger partial charge in [-0.3, -0.25) is 23.4 Å². The molecular weight excluding hydrogens is 697 g/mol. The van der Waals surface area contributed by atoms with Crippen LogP contribution in [0.25, 0.3) is 0 Å². The number of rotatable bonds is 38. The van der Waals surface area contributed by atoms with Crippen molar-refractivity contribution in [2.75, 3.05) is 19.8 Å². The van der Waals surface area contributed by atoms with Gasteiger partial charge < -0.3 is 25.2 Å². The average Bonchev–Trinajstić information content (AvgIpc) is 3.13. The largest absolute Gasteiger partial charge is 0.480 e. The summed E-state index contributed by atoms with van der Waals surface area (Å²) in [5.41, 5.74) is 5.32. The molecule has 12 heteroatoms. The summed E-state index contributed by atoms with van der Waals surface area (Å²) in [4.78, 5) is 45.8. The topological polar surface area (TPSA) is 172 Å². The lowest BCUT2D eigenvalue weighted by molar-refractivity contribution is -0.161. The van der Waals surface area contributed by atoms with Gasteiger partial charge in [-0.2, -0.15) is 0 Å². The second kappa shape index (κ2) is 36.7. The first-order valence-electron chi connectivity index (χ1n) is 20.5. The zero-order valence-corrected chi connectivity index (χ0v) is 34.0. The predicted octanol–water partition coefficient (Wildman–Crippen LogP) is 10.4. The molecule has 0 aliphatic rings. The van der Waals surface area contributed by atoms with E-state index in [0.717, 1.165) is 51.4 Å². The van der Waals surface area contributed by atoms with Gasteiger partial charge in [-0.15, -0.1) is 0 Å². The molecule has 0 heterocycles. The van der Waals surface area contributed by atoms with E-state index in [0.29, 0.717) is 12.8 Å². The van der Waals surface area contributed by atoms with Crippen LogP contribution in [0.2, 0.25) is 0 Å². The van der Waals surface area contributed by atoms with E-state index in [2.05, 4.69) is 54.8 Å². The van der Waals surface area contributed by atoms with E-state index in [1.807, 2.05) is 0 Å². The lowest BCUT2D eigenvalue weighted by Crippen LogP contribution is -2.34. The third-order valence-electron chi connectivity index (χ3n) is 8.64. The first-order valence-corrected chi connectivity index (χ1v) is 22.0. The van der Waals surface area contributed by atoms with Crippen molar-refractivity contribution in [2.45, 2.75) is 187 Å². The number of carbonyl (C=O) groups is 3. The fraction of sp³-hybridized carbons (Fsp3) is 0.780. The zero-order valence-electron chi connectivity index (χ0n) is 33.1. The van der Waals surface area contributed by atoms with E-state index >= 15 is 0 Å². The van der Waals surface area contributed by atoms with Gasteiger partial charge in [0.2, 0.25) is 0 Å². The first kappa shape index (κ1) is 50.7. The maximum absolute atomic E-state index is 12.6. The molecule has 11 nitrogen and oxygen atoms in total. The van der Waals surface area contributed by atoms with Crippen molar-refractivity contribution < 1.29 is 47.5 Å². The number of allylic oxidation sites excluding steroid dienone is 6. The van der Waals surface area contributed by atoms with Gasteiger partial charge in [0.25, 0.3) is 0 Å². The number of carbonyl (C=O) groups excluding carboxylic acids is 2. The number of nitrogens with two attached hydrogens (primary N) is 1. The number of carboxylic acid groups (broad SMARTS) is 1. The minimum atomic E-state index is -4.72. The lowest BCUT2D eigenvalue weighted by atomic mass is 10.0. The van der Waals surface area contributed by atoms with E-state index in [-0.39, 0.29) is 19.4 Å². The molecule has 0 aliphatic heterocycles. The Balaban J connectivity index is 4.46. The highest BCUT2D eigenvalue weighted by Crippen LogP contribution is 2.43. The minimum absolute atomic E-state index is 0.114. The van der Waals surface area contributed by atoms with Gasteiger partial charge in [-0.05, 0) is 51.4 Å². The Labute approximate surface area is 321 Å². The van der Waals surface area contributed by atoms with Crippen molar-refractivity contribution in [3.8, 4) is 0 Å². The SMILES string of the molecule is CCCCC/C=C/C/C=C/C/C=C/CCCCC(=O)O[C@H](COC(=O)CCCCCCCCCCCCCCCC)COP(=O)(O)OC[C@H](N)C(=O)O. The van der Waals surface area contributed by atoms with E-state index in [9.17, 15) is 23.8 Å². The molecule has 0 radical (unpaired) electrons. The number of hydrogen-bond donors (Lipinski definition) is 3. The van der Waals surface area contributed by atoms with Crippen molar-refractivity contribution in [2.24, 2.45) is 5.73 Å². The first-order chi connectivity index (χ1) is 25.6. The lowest BCUT2D eigenvalue weighted by Gasteiger charge is -2.20. The number of aliphatic carboxylic acids is 1. The van der Waals surface area contributed by atoms with Gasteiger partial charge in [0.1, 0.15) is 12.6 Å². The fourth-order valence-corrected chi connectivity index (χ4v) is 6.14. The number of unbranched alkanes of at least 4 members (excludes halogenated alkanes) is 18. The second-order valence-electron chi connectivity index (χ2n) is 13.8. The molecule has 0 bridgehead atoms. The van der Waals surface area contributed by atoms with Gasteiger partial charge in [0.05, 0.1) is 13.2 Å². The van der Waals surface area contributed by atoms with E-state index < -0.39 is 51.1 Å². The number of carboxylic acids is 1. The Morgan fingerprint density at radius 1 is 0.585 bits per heavy atom. The normalized spacial score (nSPS) is 14.2. The highest BCUT2D eigenvalue weighted by atomic mass is 31.2. The molecule has 0 aromatic carbocycles. The van der Waals surface area contributed by atoms with Crippen LogP contribution in [-0.2, 0) is 37.5 Å². The zero-order chi connectivity index (χ0) is 39.3. The number of hydrogen-bond acceptors (Lipinski definition) is 9. The fourth-order valence-electron chi connectivity index (χ4n) is 5.36. The molecule has 0 spiro atoms. The minimum Gasteiger partial charge on any atom is -0.480 e. The van der Waals surface area contributed by atoms with Crippen LogP contribution >= 0.6 is 7.82 Å². The molecule has 0 saturated carbocycles. The maximum atomic E-state index is 12.6. The van der Waals surface area contributed by atoms with Crippen LogP contribution in [0.5, 0.6) is 0 Å². The Bertz CT molecular complexity index is 1050. The third kappa shape index (κ3) is 36.4. The van der Waals surface area contributed by atoms with E-state index in [1.165, 1.54) is 83.5 Å². The molecule has 53 heavy (non-hydrogen) atoms. The van der Waals surface area contributed by atoms with Crippen LogP contribution in [0.4, 0.5) is 0 Å². The smallest absolute Gasteiger partial charge is 0.472 e. The Morgan fingerprint density at radius 2 is 1.00 bits per heavy atom. The van der Waals surface area contributed by atoms with Crippen molar-refractivity contribution in [3.63, 3.8) is 0 Å². The molecule has 3 atom stereocenters. The number of esters is 2. The van der Waals surface area contributed by atoms with Crippen LogP contribution in [-0.4, -0.2) is 59.9 Å². The standard InChI is InChI=1S/C41H74NO10P/c1-3-5-7-9-11-13-15-17-19-21-23-25-27-29-31-33-40(44)52-37(35-50-53(47,48)51-36-38(42)41(45)46)34-49-39(43)32-30-28-26-24-22-20-18-16-14-12-10-8-6-4-2/h11,13,17,19,23,25,37-38H,3-10,12,14-16,18,20-22,24,26-36,42H2,1-2H3,(H,45,46)(H,47,48)/b13-11+,19-17+,25-23+/t37-,38+/m1/s1.